The number of carboxylic acids is 1. The fourth-order valence-electron chi connectivity index (χ4n) is 1.14. The summed E-state index contributed by atoms with van der Waals surface area (Å²) in [5.41, 5.74) is 0.00444. The molecule has 1 rings (SSSR count). The van der Waals surface area contributed by atoms with Crippen LogP contribution in [-0.2, 0) is 4.79 Å². The summed E-state index contributed by atoms with van der Waals surface area (Å²) in [6, 6.07) is 3.50. The molecule has 0 bridgehead atoms. The first-order chi connectivity index (χ1) is 8.04. The van der Waals surface area contributed by atoms with Gasteiger partial charge in [0.25, 0.3) is 0 Å². The second-order valence-corrected chi connectivity index (χ2v) is 4.21. The number of nitrogens with one attached hydrogen (secondary N) is 1. The van der Waals surface area contributed by atoms with E-state index in [1.54, 1.807) is 6.92 Å². The van der Waals surface area contributed by atoms with Crippen molar-refractivity contribution in [2.75, 3.05) is 12.3 Å². The van der Waals surface area contributed by atoms with Crippen LogP contribution in [0.15, 0.2) is 23.1 Å². The topological polar surface area (TPSA) is 66.4 Å². The number of aromatic carboxylic acids is 1. The molecule has 0 aromatic heterocycles. The van der Waals surface area contributed by atoms with Crippen molar-refractivity contribution in [1.29, 1.82) is 0 Å². The number of thioether (sulfide) groups is 1. The van der Waals surface area contributed by atoms with Crippen molar-refractivity contribution in [3.63, 3.8) is 0 Å². The third-order valence-corrected chi connectivity index (χ3v) is 2.94. The Kier molecular flexibility index (Phi) is 4.96. The van der Waals surface area contributed by atoms with Crippen molar-refractivity contribution in [3.8, 4) is 0 Å². The number of amides is 1. The van der Waals surface area contributed by atoms with Gasteiger partial charge in [-0.15, -0.1) is 11.8 Å². The Labute approximate surface area is 102 Å². The Bertz CT molecular complexity index is 437. The molecule has 0 aliphatic carbocycles. The zero-order valence-corrected chi connectivity index (χ0v) is 10.0. The van der Waals surface area contributed by atoms with Crippen LogP contribution in [0, 0.1) is 5.82 Å². The highest BCUT2D eigenvalue weighted by molar-refractivity contribution is 8.00. The average molecular weight is 257 g/mol. The number of carboxylic acid groups (broad SMARTS) is 1. The van der Waals surface area contributed by atoms with Gasteiger partial charge in [0.2, 0.25) is 5.91 Å². The smallest absolute Gasteiger partial charge is 0.335 e. The number of benzene rings is 1. The Balaban J connectivity index is 2.73. The van der Waals surface area contributed by atoms with Crippen LogP contribution in [0.4, 0.5) is 4.39 Å². The first kappa shape index (κ1) is 13.5. The van der Waals surface area contributed by atoms with E-state index in [0.29, 0.717) is 6.54 Å². The molecule has 0 unspecified atom stereocenters. The van der Waals surface area contributed by atoms with Crippen LogP contribution in [0.3, 0.4) is 0 Å². The predicted molar refractivity (Wildman–Crippen MR) is 62.8 cm³/mol. The van der Waals surface area contributed by atoms with Crippen molar-refractivity contribution >= 4 is 23.6 Å². The number of hydrogen-bond donors (Lipinski definition) is 2. The summed E-state index contributed by atoms with van der Waals surface area (Å²) >= 11 is 0.976. The van der Waals surface area contributed by atoms with Crippen LogP contribution < -0.4 is 5.32 Å². The van der Waals surface area contributed by atoms with Gasteiger partial charge in [-0.3, -0.25) is 4.79 Å². The van der Waals surface area contributed by atoms with Crippen molar-refractivity contribution < 1.29 is 19.1 Å². The molecule has 1 aromatic carbocycles. The van der Waals surface area contributed by atoms with E-state index in [9.17, 15) is 14.0 Å². The second kappa shape index (κ2) is 6.24. The van der Waals surface area contributed by atoms with E-state index in [1.807, 2.05) is 0 Å². The number of rotatable bonds is 5. The van der Waals surface area contributed by atoms with Gasteiger partial charge in [0, 0.05) is 11.4 Å². The largest absolute Gasteiger partial charge is 0.478 e. The molecule has 0 atom stereocenters. The highest BCUT2D eigenvalue weighted by atomic mass is 32.2. The summed E-state index contributed by atoms with van der Waals surface area (Å²) in [7, 11) is 0. The molecule has 1 aromatic rings. The molecule has 2 N–H and O–H groups in total. The molecule has 0 heterocycles. The van der Waals surface area contributed by atoms with Crippen LogP contribution in [0.5, 0.6) is 0 Å². The Morgan fingerprint density at radius 2 is 2.18 bits per heavy atom. The minimum absolute atomic E-state index is 0.00444. The van der Waals surface area contributed by atoms with Crippen molar-refractivity contribution in [3.05, 3.63) is 29.6 Å². The Hall–Kier alpha value is -1.56. The fourth-order valence-corrected chi connectivity index (χ4v) is 1.94. The lowest BCUT2D eigenvalue weighted by Gasteiger charge is -2.04. The quantitative estimate of drug-likeness (QED) is 0.789. The fraction of sp³-hybridized carbons (Fsp3) is 0.273. The molecule has 0 fully saturated rings. The van der Waals surface area contributed by atoms with E-state index in [0.717, 1.165) is 17.8 Å². The van der Waals surface area contributed by atoms with Crippen LogP contribution in [0.1, 0.15) is 17.3 Å². The first-order valence-electron chi connectivity index (χ1n) is 4.97. The predicted octanol–water partition coefficient (Wildman–Crippen LogP) is 1.75. The molecule has 1 amide bonds. The average Bonchev–Trinajstić information content (AvgIpc) is 2.28. The number of carbonyl (C=O) groups is 2. The summed E-state index contributed by atoms with van der Waals surface area (Å²) in [5, 5.41) is 11.3. The van der Waals surface area contributed by atoms with E-state index < -0.39 is 11.8 Å². The number of hydrogen-bond acceptors (Lipinski definition) is 3. The Morgan fingerprint density at radius 3 is 2.76 bits per heavy atom. The normalized spacial score (nSPS) is 10.0. The van der Waals surface area contributed by atoms with Gasteiger partial charge < -0.3 is 10.4 Å². The lowest BCUT2D eigenvalue weighted by molar-refractivity contribution is -0.118. The molecule has 0 radical (unpaired) electrons. The van der Waals surface area contributed by atoms with Gasteiger partial charge in [0.05, 0.1) is 11.3 Å². The van der Waals surface area contributed by atoms with Gasteiger partial charge in [-0.2, -0.15) is 0 Å². The highest BCUT2D eigenvalue weighted by Crippen LogP contribution is 2.22. The summed E-state index contributed by atoms with van der Waals surface area (Å²) in [6.45, 7) is 2.30. The molecule has 92 valence electrons. The van der Waals surface area contributed by atoms with Gasteiger partial charge >= 0.3 is 5.97 Å². The lowest BCUT2D eigenvalue weighted by atomic mass is 10.2. The van der Waals surface area contributed by atoms with Crippen LogP contribution in [-0.4, -0.2) is 29.3 Å². The van der Waals surface area contributed by atoms with Gasteiger partial charge in [0.1, 0.15) is 5.82 Å². The minimum Gasteiger partial charge on any atom is -0.478 e. The monoisotopic (exact) mass is 257 g/mol. The van der Waals surface area contributed by atoms with Crippen LogP contribution in [0.25, 0.3) is 0 Å². The molecule has 0 aliphatic rings. The van der Waals surface area contributed by atoms with Gasteiger partial charge in [0.15, 0.2) is 0 Å². The zero-order chi connectivity index (χ0) is 12.8. The van der Waals surface area contributed by atoms with E-state index in [2.05, 4.69) is 5.32 Å². The van der Waals surface area contributed by atoms with E-state index in [-0.39, 0.29) is 22.1 Å². The van der Waals surface area contributed by atoms with Crippen molar-refractivity contribution in [1.82, 2.24) is 5.32 Å². The molecule has 0 spiro atoms. The minimum atomic E-state index is -1.12. The number of halogens is 1. The molecular weight excluding hydrogens is 245 g/mol. The van der Waals surface area contributed by atoms with Gasteiger partial charge in [-0.25, -0.2) is 9.18 Å². The summed E-state index contributed by atoms with van der Waals surface area (Å²) in [4.78, 5) is 22.0. The highest BCUT2D eigenvalue weighted by Gasteiger charge is 2.10. The maximum absolute atomic E-state index is 13.3. The van der Waals surface area contributed by atoms with E-state index in [1.165, 1.54) is 12.1 Å². The second-order valence-electron chi connectivity index (χ2n) is 3.19. The summed E-state index contributed by atoms with van der Waals surface area (Å²) < 4.78 is 13.3. The van der Waals surface area contributed by atoms with Crippen LogP contribution in [0.2, 0.25) is 0 Å². The molecule has 0 aliphatic heterocycles. The molecule has 0 saturated heterocycles. The zero-order valence-electron chi connectivity index (χ0n) is 9.20. The van der Waals surface area contributed by atoms with Crippen molar-refractivity contribution in [2.24, 2.45) is 0 Å². The van der Waals surface area contributed by atoms with Gasteiger partial charge in [-0.05, 0) is 25.1 Å². The molecule has 17 heavy (non-hydrogen) atoms. The maximum Gasteiger partial charge on any atom is 0.335 e. The van der Waals surface area contributed by atoms with Crippen LogP contribution >= 0.6 is 11.8 Å². The molecule has 6 heteroatoms. The van der Waals surface area contributed by atoms with Crippen molar-refractivity contribution in [2.45, 2.75) is 11.8 Å². The van der Waals surface area contributed by atoms with E-state index in [4.69, 9.17) is 5.11 Å². The van der Waals surface area contributed by atoms with E-state index >= 15 is 0 Å². The SMILES string of the molecule is CCNC(=O)CSc1cc(C(=O)O)ccc1F. The molecule has 4 nitrogen and oxygen atoms in total. The standard InChI is InChI=1S/C11H12FNO3S/c1-2-13-10(14)6-17-9-5-7(11(15)16)3-4-8(9)12/h3-5H,2,6H2,1H3,(H,13,14)(H,15,16). The third-order valence-electron chi connectivity index (χ3n) is 1.91. The lowest BCUT2D eigenvalue weighted by Crippen LogP contribution is -2.24. The summed E-state index contributed by atoms with van der Waals surface area (Å²) in [6.07, 6.45) is 0. The van der Waals surface area contributed by atoms with Gasteiger partial charge in [-0.1, -0.05) is 0 Å². The Morgan fingerprint density at radius 1 is 1.47 bits per heavy atom. The maximum atomic E-state index is 13.3. The first-order valence-corrected chi connectivity index (χ1v) is 5.95. The number of carbonyl (C=O) groups excluding carboxylic acids is 1. The molecule has 0 saturated carbocycles. The third kappa shape index (κ3) is 4.07. The summed E-state index contributed by atoms with van der Waals surface area (Å²) in [5.74, 6) is -1.79. The molecular formula is C11H12FNO3S.